The topological polar surface area (TPSA) is 445 Å². The second-order valence-corrected chi connectivity index (χ2v) is 15.8. The minimum Gasteiger partial charge on any atom is -0.394 e. The Morgan fingerprint density at radius 2 is 0.726 bits per heavy atom. The van der Waals surface area contributed by atoms with E-state index in [0.717, 1.165) is 0 Å². The van der Waals surface area contributed by atoms with Gasteiger partial charge in [0.2, 0.25) is 0 Å². The predicted octanol–water partition coefficient (Wildman–Crippen LogP) is -11.8. The van der Waals surface area contributed by atoms with E-state index in [4.69, 9.17) is 52.1 Å². The van der Waals surface area contributed by atoms with Gasteiger partial charge in [-0.05, 0) is 6.92 Å². The molecule has 0 aromatic heterocycles. The van der Waals surface area contributed by atoms with E-state index in [9.17, 15) is 86.8 Å². The van der Waals surface area contributed by atoms with Crippen molar-refractivity contribution in [1.29, 1.82) is 0 Å². The van der Waals surface area contributed by atoms with Gasteiger partial charge in [0.25, 0.3) is 0 Å². The van der Waals surface area contributed by atoms with Crippen molar-refractivity contribution in [3.8, 4) is 0 Å². The smallest absolute Gasteiger partial charge is 0.187 e. The van der Waals surface area contributed by atoms with Crippen LogP contribution >= 0.6 is 0 Å². The van der Waals surface area contributed by atoms with Crippen LogP contribution in [0.3, 0.4) is 0 Å². The number of aliphatic hydroxyl groups is 17. The van der Waals surface area contributed by atoms with Crippen molar-refractivity contribution in [2.24, 2.45) is 0 Å². The first-order valence-corrected chi connectivity index (χ1v) is 19.8. The Kier molecular flexibility index (Phi) is 17.2. The van der Waals surface area contributed by atoms with Gasteiger partial charge < -0.3 is 139 Å². The molecule has 28 heteroatoms. The Morgan fingerprint density at radius 1 is 0.355 bits per heavy atom. The maximum Gasteiger partial charge on any atom is 0.187 e. The summed E-state index contributed by atoms with van der Waals surface area (Å²) in [6.07, 6.45) is -48.2. The minimum absolute atomic E-state index is 0.398. The van der Waals surface area contributed by atoms with Gasteiger partial charge in [0, 0.05) is 0 Å². The number of hydrogen-bond acceptors (Lipinski definition) is 28. The Balaban J connectivity index is 1.02. The first-order valence-electron chi connectivity index (χ1n) is 19.8. The summed E-state index contributed by atoms with van der Waals surface area (Å²) in [4.78, 5) is 0. The quantitative estimate of drug-likeness (QED) is 0.0815. The van der Waals surface area contributed by atoms with Crippen molar-refractivity contribution in [3.05, 3.63) is 0 Å². The first kappa shape index (κ1) is 50.3. The van der Waals surface area contributed by atoms with E-state index in [-0.39, 0.29) is 0 Å². The third kappa shape index (κ3) is 10.2. The van der Waals surface area contributed by atoms with E-state index >= 15 is 0 Å². The summed E-state index contributed by atoms with van der Waals surface area (Å²) in [6.45, 7) is -2.24. The molecule has 0 aromatic carbocycles. The van der Waals surface area contributed by atoms with Crippen molar-refractivity contribution < 1.29 is 139 Å². The van der Waals surface area contributed by atoms with Crippen LogP contribution in [-0.2, 0) is 52.1 Å². The summed E-state index contributed by atoms with van der Waals surface area (Å²) in [7, 11) is 0. The molecule has 62 heavy (non-hydrogen) atoms. The molecule has 0 aliphatic carbocycles. The molecular formula is C34H58O28. The van der Waals surface area contributed by atoms with Crippen LogP contribution in [0, 0.1) is 0 Å². The molecule has 6 heterocycles. The molecule has 28 atom stereocenters. The van der Waals surface area contributed by atoms with Gasteiger partial charge in [-0.3, -0.25) is 0 Å². The van der Waals surface area contributed by atoms with Crippen molar-refractivity contribution >= 4 is 0 Å². The molecule has 0 bridgehead atoms. The van der Waals surface area contributed by atoms with Crippen molar-refractivity contribution in [2.45, 2.75) is 179 Å². The largest absolute Gasteiger partial charge is 0.394 e. The second-order valence-electron chi connectivity index (χ2n) is 15.8. The SMILES string of the molecule is C[C@@H]1O[C@H](O[C@@H]2CO[C@@H](O)[C@H](O)[C@@H]2O)[C@H](O)[C@H](O)[C@H]1O[C@@H]1OC[C@@H](O[C@H]2O[C@@H](CO)[C@H](O[C@@H]3O[C@H](CO)[C@@H](O[C@@H]4O[C@H](CO)[C@@H](O)[C@H](O)[C@@H]4O)[C@H](O)[C@@H]3O)[C@@H](O)[C@@H]2O)[C@H](O)[C@@H]1O. The zero-order valence-electron chi connectivity index (χ0n) is 32.8. The summed E-state index contributed by atoms with van der Waals surface area (Å²) >= 11 is 0. The molecule has 0 radical (unpaired) electrons. The van der Waals surface area contributed by atoms with E-state index < -0.39 is 205 Å². The van der Waals surface area contributed by atoms with Crippen molar-refractivity contribution in [1.82, 2.24) is 0 Å². The third-order valence-corrected chi connectivity index (χ3v) is 11.6. The maximum atomic E-state index is 11.1. The van der Waals surface area contributed by atoms with Gasteiger partial charge in [-0.2, -0.15) is 0 Å². The molecular weight excluding hydrogens is 856 g/mol. The fourth-order valence-corrected chi connectivity index (χ4v) is 7.87. The van der Waals surface area contributed by atoms with Crippen molar-refractivity contribution in [3.63, 3.8) is 0 Å². The Hall–Kier alpha value is -1.12. The molecule has 6 aliphatic heterocycles. The number of aliphatic hydroxyl groups excluding tert-OH is 17. The van der Waals surface area contributed by atoms with E-state index in [1.54, 1.807) is 0 Å². The Labute approximate surface area is 350 Å². The molecule has 28 nitrogen and oxygen atoms in total. The normalized spacial score (nSPS) is 54.3. The lowest BCUT2D eigenvalue weighted by Gasteiger charge is -2.48. The van der Waals surface area contributed by atoms with Crippen LogP contribution < -0.4 is 0 Å². The molecule has 0 amide bonds. The molecule has 6 saturated heterocycles. The molecule has 0 unspecified atom stereocenters. The zero-order chi connectivity index (χ0) is 45.5. The van der Waals surface area contributed by atoms with Crippen LogP contribution in [0.1, 0.15) is 6.92 Å². The van der Waals surface area contributed by atoms with Gasteiger partial charge in [0.05, 0.1) is 39.1 Å². The highest BCUT2D eigenvalue weighted by molar-refractivity contribution is 4.98. The highest BCUT2D eigenvalue weighted by Gasteiger charge is 2.55. The third-order valence-electron chi connectivity index (χ3n) is 11.6. The van der Waals surface area contributed by atoms with Gasteiger partial charge >= 0.3 is 0 Å². The molecule has 6 aliphatic rings. The van der Waals surface area contributed by atoms with Crippen LogP contribution in [-0.4, -0.2) is 292 Å². The number of rotatable bonds is 13. The van der Waals surface area contributed by atoms with Crippen LogP contribution in [0.25, 0.3) is 0 Å². The first-order chi connectivity index (χ1) is 29.3. The zero-order valence-corrected chi connectivity index (χ0v) is 32.8. The fourth-order valence-electron chi connectivity index (χ4n) is 7.87. The predicted molar refractivity (Wildman–Crippen MR) is 186 cm³/mol. The molecule has 0 saturated carbocycles. The van der Waals surface area contributed by atoms with E-state index in [1.807, 2.05) is 0 Å². The molecule has 6 rings (SSSR count). The van der Waals surface area contributed by atoms with Gasteiger partial charge in [-0.15, -0.1) is 0 Å². The Bertz CT molecular complexity index is 1380. The minimum atomic E-state index is -2.06. The highest BCUT2D eigenvalue weighted by Crippen LogP contribution is 2.35. The average molecular weight is 915 g/mol. The Morgan fingerprint density at radius 3 is 1.23 bits per heavy atom. The molecule has 0 aromatic rings. The van der Waals surface area contributed by atoms with E-state index in [0.29, 0.717) is 0 Å². The molecule has 6 fully saturated rings. The number of ether oxygens (including phenoxy) is 11. The van der Waals surface area contributed by atoms with Gasteiger partial charge in [-0.25, -0.2) is 0 Å². The van der Waals surface area contributed by atoms with Gasteiger partial charge in [0.1, 0.15) is 128 Å². The van der Waals surface area contributed by atoms with E-state index in [1.165, 1.54) is 6.92 Å². The summed E-state index contributed by atoms with van der Waals surface area (Å²) in [6, 6.07) is 0. The van der Waals surface area contributed by atoms with Crippen LogP contribution in [0.5, 0.6) is 0 Å². The summed E-state index contributed by atoms with van der Waals surface area (Å²) in [5.74, 6) is 0. The molecule has 362 valence electrons. The lowest BCUT2D eigenvalue weighted by atomic mass is 9.96. The average Bonchev–Trinajstić information content (AvgIpc) is 3.25. The standard InChI is InChI=1S/C34H58O28/c1-7-26(17(42)23(48)31(54-7)58-11-5-52-29(51)20(45)14(11)39)60-30-21(46)15(40)12(6-53-30)59-32-24(49)18(43)27(9(3-36)56-32)62-34-25(50)19(44)28(10(4-37)57-34)61-33-22(47)16(41)13(38)8(2-35)55-33/h7-51H,2-6H2,1H3/t7-,8+,9-,10+,11+,12+,13+,14+,15-,16-,17-,18-,19+,20+,21-,22-,23+,24-,25-,26-,27-,28+,29+,30-,31+,32+,33-,34-/m0/s1. The van der Waals surface area contributed by atoms with Gasteiger partial charge in [-0.1, -0.05) is 0 Å². The van der Waals surface area contributed by atoms with E-state index in [2.05, 4.69) is 0 Å². The summed E-state index contributed by atoms with van der Waals surface area (Å²) in [5.41, 5.74) is 0. The molecule has 17 N–H and O–H groups in total. The lowest BCUT2D eigenvalue weighted by Crippen LogP contribution is -2.67. The lowest BCUT2D eigenvalue weighted by molar-refractivity contribution is -0.387. The van der Waals surface area contributed by atoms with Crippen molar-refractivity contribution in [2.75, 3.05) is 33.0 Å². The highest BCUT2D eigenvalue weighted by atomic mass is 16.8. The maximum absolute atomic E-state index is 11.1. The fraction of sp³-hybridized carbons (Fsp3) is 1.00. The molecule has 0 spiro atoms. The summed E-state index contributed by atoms with van der Waals surface area (Å²) in [5, 5.41) is 177. The van der Waals surface area contributed by atoms with Crippen LogP contribution in [0.15, 0.2) is 0 Å². The van der Waals surface area contributed by atoms with Crippen LogP contribution in [0.4, 0.5) is 0 Å². The number of hydrogen-bond donors (Lipinski definition) is 17. The second kappa shape index (κ2) is 21.2. The van der Waals surface area contributed by atoms with Gasteiger partial charge in [0.15, 0.2) is 37.7 Å². The monoisotopic (exact) mass is 914 g/mol. The van der Waals surface area contributed by atoms with Crippen LogP contribution in [0.2, 0.25) is 0 Å². The summed E-state index contributed by atoms with van der Waals surface area (Å²) < 4.78 is 60.5.